The molecule has 1 aliphatic heterocycles. The van der Waals surface area contributed by atoms with Crippen LogP contribution in [0.2, 0.25) is 5.02 Å². The topological polar surface area (TPSA) is 79.7 Å². The first-order valence-corrected chi connectivity index (χ1v) is 10.9. The van der Waals surface area contributed by atoms with Crippen molar-refractivity contribution in [3.05, 3.63) is 57.1 Å². The van der Waals surface area contributed by atoms with E-state index in [4.69, 9.17) is 21.3 Å². The second-order valence-corrected chi connectivity index (χ2v) is 9.48. The van der Waals surface area contributed by atoms with Gasteiger partial charge in [0.25, 0.3) is 5.56 Å². The summed E-state index contributed by atoms with van der Waals surface area (Å²) in [5, 5.41) is 3.78. The molecule has 0 atom stereocenters. The van der Waals surface area contributed by atoms with Crippen molar-refractivity contribution in [2.24, 2.45) is 0 Å². The molecule has 3 heterocycles. The summed E-state index contributed by atoms with van der Waals surface area (Å²) in [6, 6.07) is 9.11. The van der Waals surface area contributed by atoms with Crippen LogP contribution < -0.4 is 5.56 Å². The lowest BCUT2D eigenvalue weighted by Crippen LogP contribution is -2.41. The highest BCUT2D eigenvalue weighted by atomic mass is 35.5. The molecule has 1 N–H and O–H groups in total. The normalized spacial score (nSPS) is 15.5. The maximum atomic E-state index is 12.8. The number of aromatic nitrogens is 3. The lowest BCUT2D eigenvalue weighted by molar-refractivity contribution is 0.0204. The molecular weight excluding hydrogens is 416 g/mol. The van der Waals surface area contributed by atoms with Gasteiger partial charge >= 0.3 is 6.09 Å². The number of amides is 1. The molecule has 1 fully saturated rings. The highest BCUT2D eigenvalue weighted by Gasteiger charge is 2.29. The molecule has 0 radical (unpaired) electrons. The summed E-state index contributed by atoms with van der Waals surface area (Å²) < 4.78 is 6.96. The van der Waals surface area contributed by atoms with Gasteiger partial charge in [0.2, 0.25) is 0 Å². The van der Waals surface area contributed by atoms with Gasteiger partial charge in [0, 0.05) is 41.4 Å². The Morgan fingerprint density at radius 3 is 2.45 bits per heavy atom. The third-order valence-electron chi connectivity index (χ3n) is 5.51. The summed E-state index contributed by atoms with van der Waals surface area (Å²) in [5.41, 5.74) is 3.42. The van der Waals surface area contributed by atoms with Crippen molar-refractivity contribution in [1.82, 2.24) is 19.5 Å². The maximum absolute atomic E-state index is 12.8. The van der Waals surface area contributed by atoms with Gasteiger partial charge < -0.3 is 9.64 Å². The molecule has 164 valence electrons. The van der Waals surface area contributed by atoms with Crippen LogP contribution in [0.4, 0.5) is 4.79 Å². The van der Waals surface area contributed by atoms with Crippen molar-refractivity contribution >= 4 is 23.3 Å². The molecule has 1 saturated heterocycles. The van der Waals surface area contributed by atoms with Crippen LogP contribution >= 0.6 is 11.6 Å². The van der Waals surface area contributed by atoms with Crippen molar-refractivity contribution in [3.8, 4) is 11.1 Å². The van der Waals surface area contributed by atoms with E-state index in [0.717, 1.165) is 35.4 Å². The molecule has 1 amide bonds. The zero-order valence-electron chi connectivity index (χ0n) is 18.2. The predicted octanol–water partition coefficient (Wildman–Crippen LogP) is 4.77. The van der Waals surface area contributed by atoms with Gasteiger partial charge in [-0.15, -0.1) is 0 Å². The van der Waals surface area contributed by atoms with Gasteiger partial charge in [-0.25, -0.2) is 14.3 Å². The number of hydrogen-bond donors (Lipinski definition) is 1. The number of aryl methyl sites for hydroxylation is 1. The molecule has 2 aromatic heterocycles. The average molecular weight is 443 g/mol. The lowest BCUT2D eigenvalue weighted by atomic mass is 9.93. The van der Waals surface area contributed by atoms with Gasteiger partial charge in [0.1, 0.15) is 5.60 Å². The van der Waals surface area contributed by atoms with Crippen molar-refractivity contribution in [1.29, 1.82) is 0 Å². The Kier molecular flexibility index (Phi) is 5.56. The van der Waals surface area contributed by atoms with Crippen molar-refractivity contribution in [2.45, 2.75) is 52.1 Å². The quantitative estimate of drug-likeness (QED) is 0.620. The number of carbonyl (C=O) groups is 1. The SMILES string of the molecule is Cc1[nH]n2c(=O)cc(C3CCN(C(=O)OC(C)(C)C)CC3)nc2c1-c1ccc(Cl)cc1. The van der Waals surface area contributed by atoms with E-state index in [2.05, 4.69) is 5.10 Å². The highest BCUT2D eigenvalue weighted by Crippen LogP contribution is 2.31. The van der Waals surface area contributed by atoms with E-state index >= 15 is 0 Å². The number of piperidine rings is 1. The van der Waals surface area contributed by atoms with E-state index in [1.807, 2.05) is 52.0 Å². The van der Waals surface area contributed by atoms with E-state index in [1.54, 1.807) is 11.0 Å². The molecule has 31 heavy (non-hydrogen) atoms. The van der Waals surface area contributed by atoms with E-state index in [-0.39, 0.29) is 17.6 Å². The molecule has 0 unspecified atom stereocenters. The zero-order valence-corrected chi connectivity index (χ0v) is 19.0. The molecule has 0 saturated carbocycles. The lowest BCUT2D eigenvalue weighted by Gasteiger charge is -2.33. The van der Waals surface area contributed by atoms with Gasteiger partial charge in [-0.05, 0) is 58.2 Å². The smallest absolute Gasteiger partial charge is 0.410 e. The number of H-pyrrole nitrogens is 1. The van der Waals surface area contributed by atoms with Crippen LogP contribution in [0, 0.1) is 6.92 Å². The Bertz CT molecular complexity index is 1170. The second-order valence-electron chi connectivity index (χ2n) is 9.04. The summed E-state index contributed by atoms with van der Waals surface area (Å²) in [7, 11) is 0. The molecule has 1 aromatic carbocycles. The first-order chi connectivity index (χ1) is 14.6. The zero-order chi connectivity index (χ0) is 22.3. The van der Waals surface area contributed by atoms with E-state index in [0.29, 0.717) is 23.8 Å². The molecule has 0 aliphatic carbocycles. The first-order valence-electron chi connectivity index (χ1n) is 10.5. The number of aromatic amines is 1. The van der Waals surface area contributed by atoms with Crippen molar-refractivity contribution in [2.75, 3.05) is 13.1 Å². The van der Waals surface area contributed by atoms with Gasteiger partial charge in [0.05, 0.1) is 5.69 Å². The minimum Gasteiger partial charge on any atom is -0.444 e. The molecule has 7 nitrogen and oxygen atoms in total. The third kappa shape index (κ3) is 4.46. The number of rotatable bonds is 2. The molecular formula is C23H27ClN4O3. The standard InChI is InChI=1S/C23H27ClN4O3/c1-14-20(16-5-7-17(24)8-6-16)21-25-18(13-19(29)28(21)26-14)15-9-11-27(12-10-15)22(30)31-23(2,3)4/h5-8,13,15,26H,9-12H2,1-4H3. The van der Waals surface area contributed by atoms with Crippen molar-refractivity contribution < 1.29 is 9.53 Å². The minimum absolute atomic E-state index is 0.115. The number of nitrogens with zero attached hydrogens (tertiary/aromatic N) is 3. The van der Waals surface area contributed by atoms with Crippen LogP contribution in [0.5, 0.6) is 0 Å². The monoisotopic (exact) mass is 442 g/mol. The Hall–Kier alpha value is -2.80. The fourth-order valence-corrected chi connectivity index (χ4v) is 4.15. The van der Waals surface area contributed by atoms with Gasteiger partial charge in [-0.1, -0.05) is 23.7 Å². The predicted molar refractivity (Wildman–Crippen MR) is 121 cm³/mol. The van der Waals surface area contributed by atoms with E-state index in [9.17, 15) is 9.59 Å². The van der Waals surface area contributed by atoms with Crippen LogP contribution in [0.15, 0.2) is 35.1 Å². The number of hydrogen-bond acceptors (Lipinski definition) is 4. The van der Waals surface area contributed by atoms with E-state index in [1.165, 1.54) is 4.52 Å². The molecule has 4 rings (SSSR count). The molecule has 3 aromatic rings. The summed E-state index contributed by atoms with van der Waals surface area (Å²) in [6.45, 7) is 8.68. The third-order valence-corrected chi connectivity index (χ3v) is 5.77. The number of ether oxygens (including phenoxy) is 1. The van der Waals surface area contributed by atoms with Crippen LogP contribution in [0.3, 0.4) is 0 Å². The van der Waals surface area contributed by atoms with Gasteiger partial charge in [-0.2, -0.15) is 0 Å². The summed E-state index contributed by atoms with van der Waals surface area (Å²) in [5.74, 6) is 0.115. The van der Waals surface area contributed by atoms with E-state index < -0.39 is 5.60 Å². The van der Waals surface area contributed by atoms with Crippen LogP contribution in [-0.2, 0) is 4.74 Å². The Balaban J connectivity index is 1.61. The second kappa shape index (κ2) is 8.04. The average Bonchev–Trinajstić information content (AvgIpc) is 3.04. The van der Waals surface area contributed by atoms with Gasteiger partial charge in [0.15, 0.2) is 5.65 Å². The highest BCUT2D eigenvalue weighted by molar-refractivity contribution is 6.30. The maximum Gasteiger partial charge on any atom is 0.410 e. The molecule has 8 heteroatoms. The number of fused-ring (bicyclic) bond motifs is 1. The van der Waals surface area contributed by atoms with Crippen LogP contribution in [-0.4, -0.2) is 44.3 Å². The van der Waals surface area contributed by atoms with Crippen LogP contribution in [0.1, 0.15) is 50.9 Å². The number of halogens is 1. The minimum atomic E-state index is -0.514. The summed E-state index contributed by atoms with van der Waals surface area (Å²) >= 11 is 6.04. The fourth-order valence-electron chi connectivity index (χ4n) is 4.02. The summed E-state index contributed by atoms with van der Waals surface area (Å²) in [4.78, 5) is 31.7. The Morgan fingerprint density at radius 1 is 1.19 bits per heavy atom. The molecule has 1 aliphatic rings. The fraction of sp³-hybridized carbons (Fsp3) is 0.435. The van der Waals surface area contributed by atoms with Gasteiger partial charge in [-0.3, -0.25) is 9.89 Å². The first kappa shape index (κ1) is 21.4. The Morgan fingerprint density at radius 2 is 1.84 bits per heavy atom. The summed E-state index contributed by atoms with van der Waals surface area (Å²) in [6.07, 6.45) is 1.18. The van der Waals surface area contributed by atoms with Crippen LogP contribution in [0.25, 0.3) is 16.8 Å². The molecule has 0 spiro atoms. The number of likely N-dealkylation sites (tertiary alicyclic amines) is 1. The van der Waals surface area contributed by atoms with Crippen molar-refractivity contribution in [3.63, 3.8) is 0 Å². The number of carbonyl (C=O) groups excluding carboxylic acids is 1. The number of nitrogens with one attached hydrogen (secondary N) is 1. The Labute approximate surface area is 186 Å². The largest absolute Gasteiger partial charge is 0.444 e. The number of benzene rings is 1. The molecule has 0 bridgehead atoms.